The zero-order chi connectivity index (χ0) is 14.6. The van der Waals surface area contributed by atoms with Crippen LogP contribution in [0.3, 0.4) is 0 Å². The maximum absolute atomic E-state index is 6.10. The Morgan fingerprint density at radius 3 is 2.55 bits per heavy atom. The van der Waals surface area contributed by atoms with E-state index in [0.717, 1.165) is 24.1 Å². The van der Waals surface area contributed by atoms with Crippen molar-refractivity contribution in [2.24, 2.45) is 10.7 Å². The quantitative estimate of drug-likeness (QED) is 0.659. The number of rotatable bonds is 5. The van der Waals surface area contributed by atoms with E-state index >= 15 is 0 Å². The largest absolute Gasteiger partial charge is 0.370 e. The summed E-state index contributed by atoms with van der Waals surface area (Å²) in [5, 5.41) is 0. The number of nitrogens with zero attached hydrogens (tertiary/aromatic N) is 2. The lowest BCUT2D eigenvalue weighted by atomic mass is 9.64. The summed E-state index contributed by atoms with van der Waals surface area (Å²) in [5.74, 6) is 0.677. The van der Waals surface area contributed by atoms with Crippen molar-refractivity contribution in [1.29, 1.82) is 0 Å². The number of nitrogens with two attached hydrogens (primary N) is 1. The molecule has 0 radical (unpaired) electrons. The molecule has 1 aromatic carbocycles. The highest BCUT2D eigenvalue weighted by Gasteiger charge is 2.38. The molecule has 0 bridgehead atoms. The average Bonchev–Trinajstić information content (AvgIpc) is 2.39. The maximum Gasteiger partial charge on any atom is 0.191 e. The molecule has 20 heavy (non-hydrogen) atoms. The molecule has 1 aliphatic carbocycles. The average molecular weight is 338 g/mol. The molecule has 0 heterocycles. The first-order valence-corrected chi connectivity index (χ1v) is 8.21. The molecular formula is C16H24BrN3. The lowest BCUT2D eigenvalue weighted by Crippen LogP contribution is -2.41. The van der Waals surface area contributed by atoms with Crippen LogP contribution in [0.1, 0.15) is 38.7 Å². The first-order valence-electron chi connectivity index (χ1n) is 7.42. The van der Waals surface area contributed by atoms with Gasteiger partial charge < -0.3 is 10.6 Å². The molecule has 1 aromatic rings. The standard InChI is InChI=1S/C16H24BrN3/c1-3-20(4-2)15(18)19-12-16(9-6-10-16)13-7-5-8-14(17)11-13/h5,7-8,11H,3-4,6,9-10,12H2,1-2H3,(H2,18,19). The van der Waals surface area contributed by atoms with Gasteiger partial charge in [-0.3, -0.25) is 4.99 Å². The predicted octanol–water partition coefficient (Wildman–Crippen LogP) is 3.53. The Kier molecular flexibility index (Phi) is 5.08. The van der Waals surface area contributed by atoms with Crippen molar-refractivity contribution in [1.82, 2.24) is 4.90 Å². The number of halogens is 1. The molecule has 4 heteroatoms. The Morgan fingerprint density at radius 2 is 2.05 bits per heavy atom. The number of benzene rings is 1. The van der Waals surface area contributed by atoms with Gasteiger partial charge in [0, 0.05) is 23.0 Å². The van der Waals surface area contributed by atoms with Gasteiger partial charge in [-0.1, -0.05) is 34.5 Å². The summed E-state index contributed by atoms with van der Waals surface area (Å²) < 4.78 is 1.14. The van der Waals surface area contributed by atoms with Gasteiger partial charge in [0.25, 0.3) is 0 Å². The maximum atomic E-state index is 6.10. The van der Waals surface area contributed by atoms with E-state index in [1.54, 1.807) is 0 Å². The van der Waals surface area contributed by atoms with Crippen LogP contribution < -0.4 is 5.73 Å². The second-order valence-corrected chi connectivity index (χ2v) is 6.41. The lowest BCUT2D eigenvalue weighted by molar-refractivity contribution is 0.252. The Hall–Kier alpha value is -1.03. The van der Waals surface area contributed by atoms with Gasteiger partial charge in [0.1, 0.15) is 0 Å². The molecule has 0 amide bonds. The van der Waals surface area contributed by atoms with E-state index in [1.807, 2.05) is 0 Å². The lowest BCUT2D eigenvalue weighted by Gasteiger charge is -2.41. The molecule has 0 unspecified atom stereocenters. The number of hydrogen-bond acceptors (Lipinski definition) is 1. The summed E-state index contributed by atoms with van der Waals surface area (Å²) in [6, 6.07) is 8.62. The molecular weight excluding hydrogens is 314 g/mol. The molecule has 110 valence electrons. The van der Waals surface area contributed by atoms with Crippen LogP contribution in [-0.4, -0.2) is 30.5 Å². The summed E-state index contributed by atoms with van der Waals surface area (Å²) in [7, 11) is 0. The van der Waals surface area contributed by atoms with Crippen LogP contribution in [-0.2, 0) is 5.41 Å². The first-order chi connectivity index (χ1) is 9.61. The Morgan fingerprint density at radius 1 is 1.35 bits per heavy atom. The zero-order valence-corrected chi connectivity index (χ0v) is 14.0. The van der Waals surface area contributed by atoms with Crippen molar-refractivity contribution in [2.45, 2.75) is 38.5 Å². The predicted molar refractivity (Wildman–Crippen MR) is 89.1 cm³/mol. The van der Waals surface area contributed by atoms with Crippen LogP contribution in [0.15, 0.2) is 33.7 Å². The van der Waals surface area contributed by atoms with Crippen molar-refractivity contribution in [3.63, 3.8) is 0 Å². The normalized spacial score (nSPS) is 17.6. The van der Waals surface area contributed by atoms with E-state index < -0.39 is 0 Å². The third-order valence-corrected chi connectivity index (χ3v) is 4.87. The topological polar surface area (TPSA) is 41.6 Å². The molecule has 2 rings (SSSR count). The van der Waals surface area contributed by atoms with Gasteiger partial charge in [0.15, 0.2) is 5.96 Å². The van der Waals surface area contributed by atoms with Crippen LogP contribution in [0.4, 0.5) is 0 Å². The molecule has 0 atom stereocenters. The highest BCUT2D eigenvalue weighted by atomic mass is 79.9. The molecule has 2 N–H and O–H groups in total. The van der Waals surface area contributed by atoms with Crippen LogP contribution in [0.2, 0.25) is 0 Å². The summed E-state index contributed by atoms with van der Waals surface area (Å²) in [4.78, 5) is 6.78. The van der Waals surface area contributed by atoms with Gasteiger partial charge >= 0.3 is 0 Å². The molecule has 1 fully saturated rings. The van der Waals surface area contributed by atoms with E-state index in [2.05, 4.69) is 63.9 Å². The van der Waals surface area contributed by atoms with E-state index in [0.29, 0.717) is 5.96 Å². The van der Waals surface area contributed by atoms with Crippen molar-refractivity contribution in [3.05, 3.63) is 34.3 Å². The van der Waals surface area contributed by atoms with Crippen LogP contribution in [0.25, 0.3) is 0 Å². The second kappa shape index (κ2) is 6.61. The molecule has 0 saturated heterocycles. The second-order valence-electron chi connectivity index (χ2n) is 5.49. The van der Waals surface area contributed by atoms with Gasteiger partial charge in [-0.15, -0.1) is 0 Å². The summed E-state index contributed by atoms with van der Waals surface area (Å²) in [6.45, 7) is 6.84. The van der Waals surface area contributed by atoms with Crippen LogP contribution >= 0.6 is 15.9 Å². The Bertz CT molecular complexity index is 476. The minimum atomic E-state index is 0.196. The first kappa shape index (κ1) is 15.4. The third-order valence-electron chi connectivity index (χ3n) is 4.38. The highest BCUT2D eigenvalue weighted by Crippen LogP contribution is 2.44. The summed E-state index contributed by atoms with van der Waals surface area (Å²) in [6.07, 6.45) is 3.70. The minimum absolute atomic E-state index is 0.196. The SMILES string of the molecule is CCN(CC)C(N)=NCC1(c2cccc(Br)c2)CCC1. The van der Waals surface area contributed by atoms with Gasteiger partial charge in [0.2, 0.25) is 0 Å². The van der Waals surface area contributed by atoms with E-state index in [9.17, 15) is 0 Å². The molecule has 1 saturated carbocycles. The van der Waals surface area contributed by atoms with Crippen molar-refractivity contribution < 1.29 is 0 Å². The number of aliphatic imine (C=N–C) groups is 1. The van der Waals surface area contributed by atoms with Crippen molar-refractivity contribution in [2.75, 3.05) is 19.6 Å². The highest BCUT2D eigenvalue weighted by molar-refractivity contribution is 9.10. The summed E-state index contributed by atoms with van der Waals surface area (Å²) >= 11 is 3.56. The fraction of sp³-hybridized carbons (Fsp3) is 0.562. The molecule has 3 nitrogen and oxygen atoms in total. The molecule has 1 aliphatic rings. The van der Waals surface area contributed by atoms with Gasteiger partial charge in [-0.05, 0) is 44.4 Å². The fourth-order valence-corrected chi connectivity index (χ4v) is 3.24. The van der Waals surface area contributed by atoms with E-state index in [1.165, 1.54) is 24.8 Å². The van der Waals surface area contributed by atoms with E-state index in [4.69, 9.17) is 5.73 Å². The molecule has 0 spiro atoms. The fourth-order valence-electron chi connectivity index (χ4n) is 2.84. The molecule has 0 aliphatic heterocycles. The van der Waals surface area contributed by atoms with Gasteiger partial charge in [0.05, 0.1) is 6.54 Å². The van der Waals surface area contributed by atoms with Gasteiger partial charge in [-0.25, -0.2) is 0 Å². The monoisotopic (exact) mass is 337 g/mol. The number of hydrogen-bond donors (Lipinski definition) is 1. The number of guanidine groups is 1. The zero-order valence-electron chi connectivity index (χ0n) is 12.4. The van der Waals surface area contributed by atoms with Crippen molar-refractivity contribution in [3.8, 4) is 0 Å². The third kappa shape index (κ3) is 3.17. The van der Waals surface area contributed by atoms with Crippen LogP contribution in [0.5, 0.6) is 0 Å². The Labute approximate surface area is 130 Å². The van der Waals surface area contributed by atoms with Crippen LogP contribution in [0, 0.1) is 0 Å². The van der Waals surface area contributed by atoms with Crippen molar-refractivity contribution >= 4 is 21.9 Å². The minimum Gasteiger partial charge on any atom is -0.370 e. The van der Waals surface area contributed by atoms with E-state index in [-0.39, 0.29) is 5.41 Å². The summed E-state index contributed by atoms with van der Waals surface area (Å²) in [5.41, 5.74) is 7.68. The van der Waals surface area contributed by atoms with Gasteiger partial charge in [-0.2, -0.15) is 0 Å². The smallest absolute Gasteiger partial charge is 0.191 e. The molecule has 0 aromatic heterocycles. The Balaban J connectivity index is 2.15.